The van der Waals surface area contributed by atoms with E-state index in [1.165, 1.54) is 18.2 Å². The third-order valence-corrected chi connectivity index (χ3v) is 4.05. The molecule has 0 aromatic heterocycles. The zero-order valence-corrected chi connectivity index (χ0v) is 13.0. The summed E-state index contributed by atoms with van der Waals surface area (Å²) in [5.41, 5.74) is 0.433. The molecular formula is C16H23FN2O3. The van der Waals surface area contributed by atoms with E-state index < -0.39 is 5.82 Å². The van der Waals surface area contributed by atoms with Crippen molar-refractivity contribution in [2.75, 3.05) is 25.1 Å². The molecule has 1 heterocycles. The molecule has 1 aromatic rings. The molecule has 0 saturated carbocycles. The van der Waals surface area contributed by atoms with Gasteiger partial charge in [0.25, 0.3) is 0 Å². The largest absolute Gasteiger partial charge is 0.492 e. The fraction of sp³-hybridized carbons (Fsp3) is 0.562. The van der Waals surface area contributed by atoms with Gasteiger partial charge in [-0.2, -0.15) is 0 Å². The highest BCUT2D eigenvalue weighted by molar-refractivity contribution is 5.91. The topological polar surface area (TPSA) is 61.8 Å². The molecule has 5 nitrogen and oxygen atoms in total. The first-order valence-corrected chi connectivity index (χ1v) is 7.67. The maximum Gasteiger partial charge on any atom is 0.322 e. The third-order valence-electron chi connectivity index (χ3n) is 4.05. The summed E-state index contributed by atoms with van der Waals surface area (Å²) in [6.07, 6.45) is 1.91. The summed E-state index contributed by atoms with van der Waals surface area (Å²) >= 11 is 0. The number of piperidine rings is 1. The maximum absolute atomic E-state index is 13.3. The molecule has 2 rings (SSSR count). The molecule has 0 aliphatic carbocycles. The second kappa shape index (κ2) is 7.45. The zero-order chi connectivity index (χ0) is 16.1. The number of carbonyl (C=O) groups is 1. The van der Waals surface area contributed by atoms with Crippen LogP contribution in [0.5, 0.6) is 5.75 Å². The number of nitrogens with one attached hydrogen (secondary N) is 1. The number of carbonyl (C=O) groups excluding carboxylic acids is 1. The molecule has 1 aromatic carbocycles. The van der Waals surface area contributed by atoms with E-state index in [2.05, 4.69) is 5.32 Å². The molecule has 22 heavy (non-hydrogen) atoms. The van der Waals surface area contributed by atoms with E-state index in [0.29, 0.717) is 24.6 Å². The van der Waals surface area contributed by atoms with E-state index in [1.54, 1.807) is 11.8 Å². The Labute approximate surface area is 130 Å². The molecule has 0 bridgehead atoms. The van der Waals surface area contributed by atoms with Crippen molar-refractivity contribution in [3.05, 3.63) is 24.0 Å². The van der Waals surface area contributed by atoms with Gasteiger partial charge in [-0.15, -0.1) is 0 Å². The molecule has 1 saturated heterocycles. The average molecular weight is 310 g/mol. The predicted octanol–water partition coefficient (Wildman–Crippen LogP) is 2.85. The first-order chi connectivity index (χ1) is 10.6. The maximum atomic E-state index is 13.3. The highest BCUT2D eigenvalue weighted by atomic mass is 19.1. The molecule has 6 heteroatoms. The van der Waals surface area contributed by atoms with Gasteiger partial charge < -0.3 is 20.1 Å². The summed E-state index contributed by atoms with van der Waals surface area (Å²) in [6, 6.07) is 3.53. The number of hydrogen-bond acceptors (Lipinski definition) is 3. The zero-order valence-electron chi connectivity index (χ0n) is 13.0. The fourth-order valence-electron chi connectivity index (χ4n) is 2.84. The number of likely N-dealkylation sites (tertiary alicyclic amines) is 1. The minimum absolute atomic E-state index is 0.0592. The number of aliphatic hydroxyl groups is 1. The normalized spacial score (nSPS) is 21.5. The van der Waals surface area contributed by atoms with Crippen LogP contribution in [0, 0.1) is 11.7 Å². The summed E-state index contributed by atoms with van der Waals surface area (Å²) in [7, 11) is 0. The third kappa shape index (κ3) is 3.68. The van der Waals surface area contributed by atoms with E-state index in [1.807, 2.05) is 6.92 Å². The summed E-state index contributed by atoms with van der Waals surface area (Å²) in [6.45, 7) is 4.75. The summed E-state index contributed by atoms with van der Waals surface area (Å²) < 4.78 is 18.7. The van der Waals surface area contributed by atoms with Gasteiger partial charge in [0.1, 0.15) is 11.6 Å². The van der Waals surface area contributed by atoms with Gasteiger partial charge in [0.2, 0.25) is 0 Å². The number of halogens is 1. The van der Waals surface area contributed by atoms with Crippen molar-refractivity contribution >= 4 is 11.7 Å². The average Bonchev–Trinajstić information content (AvgIpc) is 2.50. The smallest absolute Gasteiger partial charge is 0.322 e. The molecule has 122 valence electrons. The van der Waals surface area contributed by atoms with Crippen LogP contribution in [-0.2, 0) is 0 Å². The van der Waals surface area contributed by atoms with Crippen molar-refractivity contribution in [2.24, 2.45) is 5.92 Å². The predicted molar refractivity (Wildman–Crippen MR) is 82.6 cm³/mol. The lowest BCUT2D eigenvalue weighted by Gasteiger charge is -2.38. The van der Waals surface area contributed by atoms with E-state index in [4.69, 9.17) is 4.74 Å². The fourth-order valence-corrected chi connectivity index (χ4v) is 2.84. The number of nitrogens with zero attached hydrogens (tertiary/aromatic N) is 1. The molecule has 1 aliphatic rings. The van der Waals surface area contributed by atoms with Crippen molar-refractivity contribution in [2.45, 2.75) is 32.7 Å². The molecule has 0 radical (unpaired) electrons. The van der Waals surface area contributed by atoms with Crippen molar-refractivity contribution in [3.63, 3.8) is 0 Å². The Morgan fingerprint density at radius 2 is 2.32 bits per heavy atom. The number of ether oxygens (including phenoxy) is 1. The van der Waals surface area contributed by atoms with Crippen LogP contribution in [-0.4, -0.2) is 41.8 Å². The van der Waals surface area contributed by atoms with E-state index in [0.717, 1.165) is 12.8 Å². The van der Waals surface area contributed by atoms with Crippen LogP contribution in [0.4, 0.5) is 14.9 Å². The lowest BCUT2D eigenvalue weighted by molar-refractivity contribution is 0.0811. The van der Waals surface area contributed by atoms with Crippen molar-refractivity contribution in [1.82, 2.24) is 4.90 Å². The summed E-state index contributed by atoms with van der Waals surface area (Å²) in [5, 5.41) is 12.3. The van der Waals surface area contributed by atoms with Crippen LogP contribution in [0.2, 0.25) is 0 Å². The number of hydrogen-bond donors (Lipinski definition) is 2. The lowest BCUT2D eigenvalue weighted by atomic mass is 9.91. The van der Waals surface area contributed by atoms with Crippen LogP contribution < -0.4 is 10.1 Å². The second-order valence-electron chi connectivity index (χ2n) is 5.57. The van der Waals surface area contributed by atoms with Crippen LogP contribution in [0.25, 0.3) is 0 Å². The minimum atomic E-state index is -0.415. The lowest BCUT2D eigenvalue weighted by Crippen LogP contribution is -2.51. The van der Waals surface area contributed by atoms with Gasteiger partial charge in [-0.25, -0.2) is 9.18 Å². The molecule has 1 aliphatic heterocycles. The van der Waals surface area contributed by atoms with E-state index in [-0.39, 0.29) is 24.6 Å². The number of rotatable bonds is 4. The monoisotopic (exact) mass is 310 g/mol. The molecule has 2 amide bonds. The quantitative estimate of drug-likeness (QED) is 0.899. The van der Waals surface area contributed by atoms with Crippen molar-refractivity contribution in [1.29, 1.82) is 0 Å². The molecule has 2 N–H and O–H groups in total. The van der Waals surface area contributed by atoms with Crippen molar-refractivity contribution in [3.8, 4) is 5.75 Å². The van der Waals surface area contributed by atoms with Gasteiger partial charge >= 0.3 is 6.03 Å². The Kier molecular flexibility index (Phi) is 5.60. The summed E-state index contributed by atoms with van der Waals surface area (Å²) in [4.78, 5) is 14.1. The standard InChI is InChI=1S/C16H23FN2O3/c1-3-22-15-9-12(17)6-7-13(15)18-16(21)19-8-4-5-11(2)14(19)10-20/h6-7,9,11,14,20H,3-5,8,10H2,1-2H3,(H,18,21). The van der Waals surface area contributed by atoms with E-state index >= 15 is 0 Å². The highest BCUT2D eigenvalue weighted by Crippen LogP contribution is 2.28. The molecule has 0 spiro atoms. The molecule has 1 fully saturated rings. The van der Waals surface area contributed by atoms with Gasteiger partial charge in [-0.1, -0.05) is 6.92 Å². The van der Waals surface area contributed by atoms with Gasteiger partial charge in [-0.3, -0.25) is 0 Å². The number of benzene rings is 1. The minimum Gasteiger partial charge on any atom is -0.492 e. The summed E-state index contributed by atoms with van der Waals surface area (Å²) in [5.74, 6) is 0.145. The highest BCUT2D eigenvalue weighted by Gasteiger charge is 2.31. The number of urea groups is 1. The van der Waals surface area contributed by atoms with Gasteiger partial charge in [0, 0.05) is 12.6 Å². The van der Waals surface area contributed by atoms with Gasteiger partial charge in [0.05, 0.1) is 24.9 Å². The number of amides is 2. The van der Waals surface area contributed by atoms with E-state index in [9.17, 15) is 14.3 Å². The number of aliphatic hydroxyl groups excluding tert-OH is 1. The Morgan fingerprint density at radius 1 is 1.55 bits per heavy atom. The molecule has 2 atom stereocenters. The van der Waals surface area contributed by atoms with Crippen molar-refractivity contribution < 1.29 is 19.0 Å². The first-order valence-electron chi connectivity index (χ1n) is 7.67. The molecular weight excluding hydrogens is 287 g/mol. The van der Waals surface area contributed by atoms with Gasteiger partial charge in [-0.05, 0) is 37.8 Å². The van der Waals surface area contributed by atoms with Crippen LogP contribution >= 0.6 is 0 Å². The SMILES string of the molecule is CCOc1cc(F)ccc1NC(=O)N1CCCC(C)C1CO. The Bertz CT molecular complexity index is 524. The van der Waals surface area contributed by atoms with Gasteiger partial charge in [0.15, 0.2) is 0 Å². The Morgan fingerprint density at radius 3 is 3.00 bits per heavy atom. The Hall–Kier alpha value is -1.82. The Balaban J connectivity index is 2.14. The molecule has 2 unspecified atom stereocenters. The van der Waals surface area contributed by atoms with Crippen LogP contribution in [0.1, 0.15) is 26.7 Å². The van der Waals surface area contributed by atoms with Crippen LogP contribution in [0.15, 0.2) is 18.2 Å². The number of anilines is 1. The van der Waals surface area contributed by atoms with Crippen LogP contribution in [0.3, 0.4) is 0 Å². The first kappa shape index (κ1) is 16.5. The second-order valence-corrected chi connectivity index (χ2v) is 5.57.